The molecule has 2 rings (SSSR count). The second-order valence-electron chi connectivity index (χ2n) is 5.67. The molecule has 7 heteroatoms. The SMILES string of the molecule is C/C(CC(=O)Nc1ccccc1)=N\NC(=O)COc1ccc(Br)c(C)c1. The summed E-state index contributed by atoms with van der Waals surface area (Å²) in [4.78, 5) is 23.7. The average molecular weight is 418 g/mol. The highest BCUT2D eigenvalue weighted by molar-refractivity contribution is 9.10. The maximum Gasteiger partial charge on any atom is 0.277 e. The van der Waals surface area contributed by atoms with E-state index in [1.165, 1.54) is 0 Å². The molecule has 0 radical (unpaired) electrons. The summed E-state index contributed by atoms with van der Waals surface area (Å²) >= 11 is 3.41. The number of hydrazone groups is 1. The fourth-order valence-corrected chi connectivity index (χ4v) is 2.29. The van der Waals surface area contributed by atoms with E-state index in [2.05, 4.69) is 31.8 Å². The molecule has 136 valence electrons. The summed E-state index contributed by atoms with van der Waals surface area (Å²) in [5.74, 6) is 0.00506. The molecule has 0 spiro atoms. The van der Waals surface area contributed by atoms with E-state index in [1.54, 1.807) is 25.1 Å². The van der Waals surface area contributed by atoms with E-state index in [0.29, 0.717) is 17.1 Å². The third-order valence-electron chi connectivity index (χ3n) is 3.34. The first-order valence-electron chi connectivity index (χ1n) is 8.00. The van der Waals surface area contributed by atoms with Gasteiger partial charge < -0.3 is 10.1 Å². The number of amides is 2. The highest BCUT2D eigenvalue weighted by atomic mass is 79.9. The fourth-order valence-electron chi connectivity index (χ4n) is 2.04. The van der Waals surface area contributed by atoms with Crippen molar-refractivity contribution < 1.29 is 14.3 Å². The number of carbonyl (C=O) groups excluding carboxylic acids is 2. The van der Waals surface area contributed by atoms with Crippen molar-refractivity contribution in [1.82, 2.24) is 5.43 Å². The summed E-state index contributed by atoms with van der Waals surface area (Å²) < 4.78 is 6.39. The minimum absolute atomic E-state index is 0.0853. The fraction of sp³-hybridized carbons (Fsp3) is 0.211. The van der Waals surface area contributed by atoms with Crippen LogP contribution in [0.4, 0.5) is 5.69 Å². The van der Waals surface area contributed by atoms with Crippen LogP contribution in [-0.4, -0.2) is 24.1 Å². The Labute approximate surface area is 160 Å². The summed E-state index contributed by atoms with van der Waals surface area (Å²) in [6.45, 7) is 3.45. The molecule has 6 nitrogen and oxygen atoms in total. The van der Waals surface area contributed by atoms with E-state index < -0.39 is 5.91 Å². The number of halogens is 1. The van der Waals surface area contributed by atoms with Gasteiger partial charge in [0.25, 0.3) is 5.91 Å². The lowest BCUT2D eigenvalue weighted by Gasteiger charge is -2.07. The number of nitrogens with zero attached hydrogens (tertiary/aromatic N) is 1. The van der Waals surface area contributed by atoms with Gasteiger partial charge in [-0.3, -0.25) is 9.59 Å². The molecule has 0 aliphatic heterocycles. The standard InChI is InChI=1S/C19H20BrN3O3/c1-13-10-16(8-9-17(13)20)26-12-19(25)23-22-14(2)11-18(24)21-15-6-4-3-5-7-15/h3-10H,11-12H2,1-2H3,(H,21,24)(H,23,25)/b22-14+. The van der Waals surface area contributed by atoms with E-state index in [4.69, 9.17) is 4.74 Å². The summed E-state index contributed by atoms with van der Waals surface area (Å²) in [5, 5.41) is 6.67. The highest BCUT2D eigenvalue weighted by Gasteiger charge is 2.06. The number of hydrogen-bond acceptors (Lipinski definition) is 4. The van der Waals surface area contributed by atoms with Crippen LogP contribution in [0.5, 0.6) is 5.75 Å². The topological polar surface area (TPSA) is 79.8 Å². The predicted octanol–water partition coefficient (Wildman–Crippen LogP) is 3.66. The lowest BCUT2D eigenvalue weighted by molar-refractivity contribution is -0.123. The molecule has 2 aromatic carbocycles. The number of para-hydroxylation sites is 1. The lowest BCUT2D eigenvalue weighted by Crippen LogP contribution is -2.26. The molecule has 0 saturated heterocycles. The van der Waals surface area contributed by atoms with Crippen molar-refractivity contribution in [2.75, 3.05) is 11.9 Å². The normalized spacial score (nSPS) is 11.0. The van der Waals surface area contributed by atoms with Crippen molar-refractivity contribution in [2.24, 2.45) is 5.10 Å². The quantitative estimate of drug-likeness (QED) is 0.532. The van der Waals surface area contributed by atoms with Crippen molar-refractivity contribution in [2.45, 2.75) is 20.3 Å². The van der Waals surface area contributed by atoms with Gasteiger partial charge in [-0.1, -0.05) is 34.1 Å². The molecule has 0 atom stereocenters. The number of hydrogen-bond donors (Lipinski definition) is 2. The zero-order chi connectivity index (χ0) is 18.9. The summed E-state index contributed by atoms with van der Waals surface area (Å²) in [6, 6.07) is 14.6. The molecule has 2 aromatic rings. The van der Waals surface area contributed by atoms with Crippen LogP contribution in [0.15, 0.2) is 58.1 Å². The summed E-state index contributed by atoms with van der Waals surface area (Å²) in [5.41, 5.74) is 4.60. The van der Waals surface area contributed by atoms with Crippen molar-refractivity contribution in [3.8, 4) is 5.75 Å². The molecule has 26 heavy (non-hydrogen) atoms. The molecule has 0 aliphatic rings. The molecular formula is C19H20BrN3O3. The van der Waals surface area contributed by atoms with Gasteiger partial charge in [-0.25, -0.2) is 5.43 Å². The molecule has 0 bridgehead atoms. The van der Waals surface area contributed by atoms with E-state index in [0.717, 1.165) is 10.0 Å². The average Bonchev–Trinajstić information content (AvgIpc) is 2.61. The maximum atomic E-state index is 11.9. The molecule has 2 N–H and O–H groups in total. The second kappa shape index (κ2) is 9.72. The third kappa shape index (κ3) is 6.68. The first kappa shape index (κ1) is 19.7. The minimum atomic E-state index is -0.395. The smallest absolute Gasteiger partial charge is 0.277 e. The van der Waals surface area contributed by atoms with Gasteiger partial charge in [-0.2, -0.15) is 5.10 Å². The third-order valence-corrected chi connectivity index (χ3v) is 4.23. The van der Waals surface area contributed by atoms with Crippen LogP contribution in [0.1, 0.15) is 18.9 Å². The summed E-state index contributed by atoms with van der Waals surface area (Å²) in [7, 11) is 0. The number of benzene rings is 2. The van der Waals surface area contributed by atoms with Crippen molar-refractivity contribution in [3.63, 3.8) is 0 Å². The van der Waals surface area contributed by atoms with Gasteiger partial charge in [-0.15, -0.1) is 0 Å². The molecule has 0 saturated carbocycles. The van der Waals surface area contributed by atoms with E-state index in [1.807, 2.05) is 37.3 Å². The predicted molar refractivity (Wildman–Crippen MR) is 105 cm³/mol. The number of aryl methyl sites for hydroxylation is 1. The number of anilines is 1. The van der Waals surface area contributed by atoms with Crippen LogP contribution < -0.4 is 15.5 Å². The van der Waals surface area contributed by atoms with Crippen LogP contribution in [-0.2, 0) is 9.59 Å². The Hall–Kier alpha value is -2.67. The molecule has 0 unspecified atom stereocenters. The zero-order valence-electron chi connectivity index (χ0n) is 14.6. The van der Waals surface area contributed by atoms with Gasteiger partial charge in [-0.05, 0) is 49.7 Å². The Balaban J connectivity index is 1.75. The molecule has 2 amide bonds. The Morgan fingerprint density at radius 1 is 1.12 bits per heavy atom. The lowest BCUT2D eigenvalue weighted by atomic mass is 10.2. The molecule has 0 aliphatic carbocycles. The van der Waals surface area contributed by atoms with Gasteiger partial charge in [0.05, 0.1) is 6.42 Å². The van der Waals surface area contributed by atoms with E-state index >= 15 is 0 Å². The van der Waals surface area contributed by atoms with E-state index in [-0.39, 0.29) is 18.9 Å². The Bertz CT molecular complexity index is 807. The zero-order valence-corrected chi connectivity index (χ0v) is 16.2. The first-order valence-corrected chi connectivity index (χ1v) is 8.79. The number of ether oxygens (including phenoxy) is 1. The van der Waals surface area contributed by atoms with Crippen molar-refractivity contribution >= 4 is 39.1 Å². The van der Waals surface area contributed by atoms with Crippen LogP contribution in [0.2, 0.25) is 0 Å². The van der Waals surface area contributed by atoms with Crippen LogP contribution in [0.25, 0.3) is 0 Å². The summed E-state index contributed by atoms with van der Waals surface area (Å²) in [6.07, 6.45) is 0.0853. The Morgan fingerprint density at radius 2 is 1.85 bits per heavy atom. The molecule has 0 fully saturated rings. The van der Waals surface area contributed by atoms with Gasteiger partial charge in [0, 0.05) is 15.9 Å². The van der Waals surface area contributed by atoms with E-state index in [9.17, 15) is 9.59 Å². The maximum absolute atomic E-state index is 11.9. The van der Waals surface area contributed by atoms with Crippen molar-refractivity contribution in [3.05, 3.63) is 58.6 Å². The molecule has 0 aromatic heterocycles. The largest absolute Gasteiger partial charge is 0.484 e. The molecule has 0 heterocycles. The van der Waals surface area contributed by atoms with Gasteiger partial charge in [0.2, 0.25) is 5.91 Å². The number of rotatable bonds is 7. The first-order chi connectivity index (χ1) is 12.4. The molecular weight excluding hydrogens is 398 g/mol. The monoisotopic (exact) mass is 417 g/mol. The van der Waals surface area contributed by atoms with Gasteiger partial charge in [0.15, 0.2) is 6.61 Å². The minimum Gasteiger partial charge on any atom is -0.484 e. The van der Waals surface area contributed by atoms with Gasteiger partial charge in [0.1, 0.15) is 5.75 Å². The number of carbonyl (C=O) groups is 2. The highest BCUT2D eigenvalue weighted by Crippen LogP contribution is 2.21. The second-order valence-corrected chi connectivity index (χ2v) is 6.53. The van der Waals surface area contributed by atoms with Crippen LogP contribution >= 0.6 is 15.9 Å². The van der Waals surface area contributed by atoms with Crippen molar-refractivity contribution in [1.29, 1.82) is 0 Å². The number of nitrogens with one attached hydrogen (secondary N) is 2. The van der Waals surface area contributed by atoms with Crippen LogP contribution in [0, 0.1) is 6.92 Å². The van der Waals surface area contributed by atoms with Crippen LogP contribution in [0.3, 0.4) is 0 Å². The van der Waals surface area contributed by atoms with Gasteiger partial charge >= 0.3 is 0 Å². The Kier molecular flexibility index (Phi) is 7.35. The Morgan fingerprint density at radius 3 is 2.54 bits per heavy atom.